The van der Waals surface area contributed by atoms with E-state index in [2.05, 4.69) is 10.2 Å². The highest BCUT2D eigenvalue weighted by atomic mass is 16.7. The number of para-hydroxylation sites is 2. The summed E-state index contributed by atoms with van der Waals surface area (Å²) in [7, 11) is 0. The van der Waals surface area contributed by atoms with Crippen LogP contribution in [0.15, 0.2) is 36.0 Å². The van der Waals surface area contributed by atoms with Gasteiger partial charge in [0.25, 0.3) is 5.79 Å². The molecule has 3 rings (SSSR count). The van der Waals surface area contributed by atoms with E-state index in [1.165, 1.54) is 20.0 Å². The first-order valence-electron chi connectivity index (χ1n) is 7.81. The van der Waals surface area contributed by atoms with Crippen LogP contribution in [0.25, 0.3) is 0 Å². The lowest BCUT2D eigenvalue weighted by molar-refractivity contribution is -0.222. The van der Waals surface area contributed by atoms with Gasteiger partial charge in [-0.15, -0.1) is 0 Å². The minimum Gasteiger partial charge on any atom is -0.419 e. The fourth-order valence-electron chi connectivity index (χ4n) is 2.60. The van der Waals surface area contributed by atoms with Gasteiger partial charge in [-0.25, -0.2) is 9.59 Å². The fraction of sp³-hybridized carbons (Fsp3) is 0.412. The lowest BCUT2D eigenvalue weighted by Gasteiger charge is -2.31. The molecule has 2 saturated heterocycles. The molecule has 2 fully saturated rings. The predicted molar refractivity (Wildman–Crippen MR) is 87.4 cm³/mol. The average Bonchev–Trinajstić information content (AvgIpc) is 2.54. The van der Waals surface area contributed by atoms with Crippen LogP contribution in [0.2, 0.25) is 0 Å². The second-order valence-corrected chi connectivity index (χ2v) is 6.00. The summed E-state index contributed by atoms with van der Waals surface area (Å²) >= 11 is 0. The Morgan fingerprint density at radius 1 is 1.08 bits per heavy atom. The molecule has 1 aromatic rings. The molecule has 0 spiro atoms. The average molecular weight is 332 g/mol. The third-order valence-corrected chi connectivity index (χ3v) is 3.74. The largest absolute Gasteiger partial charge is 0.419 e. The number of rotatable bonds is 3. The molecule has 0 saturated carbocycles. The summed E-state index contributed by atoms with van der Waals surface area (Å²) < 4.78 is 15.5. The van der Waals surface area contributed by atoms with Gasteiger partial charge in [-0.2, -0.15) is 0 Å². The van der Waals surface area contributed by atoms with E-state index >= 15 is 0 Å². The number of morpholine rings is 1. The van der Waals surface area contributed by atoms with Crippen LogP contribution < -0.4 is 10.2 Å². The number of hydrogen-bond donors (Lipinski definition) is 1. The van der Waals surface area contributed by atoms with Gasteiger partial charge in [0, 0.05) is 33.1 Å². The number of anilines is 2. The van der Waals surface area contributed by atoms with E-state index in [1.807, 2.05) is 24.3 Å². The van der Waals surface area contributed by atoms with Gasteiger partial charge in [0.05, 0.1) is 24.6 Å². The molecule has 0 bridgehead atoms. The molecule has 2 heterocycles. The molecule has 0 atom stereocenters. The van der Waals surface area contributed by atoms with Crippen LogP contribution in [0.4, 0.5) is 11.4 Å². The van der Waals surface area contributed by atoms with Crippen molar-refractivity contribution in [2.24, 2.45) is 0 Å². The number of ether oxygens (including phenoxy) is 3. The van der Waals surface area contributed by atoms with E-state index in [9.17, 15) is 9.59 Å². The lowest BCUT2D eigenvalue weighted by atomic mass is 10.2. The van der Waals surface area contributed by atoms with Crippen molar-refractivity contribution >= 4 is 23.3 Å². The Kier molecular flexibility index (Phi) is 4.44. The smallest absolute Gasteiger partial charge is 0.350 e. The van der Waals surface area contributed by atoms with Crippen molar-refractivity contribution in [1.29, 1.82) is 0 Å². The van der Waals surface area contributed by atoms with Crippen molar-refractivity contribution in [2.45, 2.75) is 19.6 Å². The molecule has 2 aliphatic heterocycles. The maximum absolute atomic E-state index is 12.0. The van der Waals surface area contributed by atoms with E-state index in [1.54, 1.807) is 0 Å². The van der Waals surface area contributed by atoms with Crippen LogP contribution in [-0.4, -0.2) is 44.0 Å². The number of hydrogen-bond acceptors (Lipinski definition) is 7. The summed E-state index contributed by atoms with van der Waals surface area (Å²) in [6, 6.07) is 7.68. The molecule has 0 amide bonds. The number of nitrogens with zero attached hydrogens (tertiary/aromatic N) is 1. The number of carbonyl (C=O) groups excluding carboxylic acids is 2. The molecule has 24 heavy (non-hydrogen) atoms. The molecule has 128 valence electrons. The van der Waals surface area contributed by atoms with Gasteiger partial charge in [-0.05, 0) is 12.1 Å². The van der Waals surface area contributed by atoms with Crippen molar-refractivity contribution in [3.63, 3.8) is 0 Å². The first-order chi connectivity index (χ1) is 11.5. The van der Waals surface area contributed by atoms with Crippen molar-refractivity contribution in [3.05, 3.63) is 36.0 Å². The zero-order valence-electron chi connectivity index (χ0n) is 13.7. The third kappa shape index (κ3) is 3.51. The third-order valence-electron chi connectivity index (χ3n) is 3.74. The van der Waals surface area contributed by atoms with Crippen LogP contribution in [-0.2, 0) is 23.8 Å². The Balaban J connectivity index is 1.79. The quantitative estimate of drug-likeness (QED) is 0.512. The van der Waals surface area contributed by atoms with Crippen LogP contribution >= 0.6 is 0 Å². The number of carbonyl (C=O) groups is 2. The van der Waals surface area contributed by atoms with Gasteiger partial charge in [0.15, 0.2) is 5.57 Å². The zero-order valence-corrected chi connectivity index (χ0v) is 13.7. The fourth-order valence-corrected chi connectivity index (χ4v) is 2.60. The maximum atomic E-state index is 12.0. The van der Waals surface area contributed by atoms with E-state index < -0.39 is 17.7 Å². The van der Waals surface area contributed by atoms with Crippen molar-refractivity contribution in [1.82, 2.24) is 0 Å². The molecular weight excluding hydrogens is 312 g/mol. The van der Waals surface area contributed by atoms with E-state index in [0.717, 1.165) is 24.5 Å². The molecule has 0 radical (unpaired) electrons. The molecular formula is C17H20N2O5. The highest BCUT2D eigenvalue weighted by Crippen LogP contribution is 2.27. The van der Waals surface area contributed by atoms with E-state index in [-0.39, 0.29) is 5.57 Å². The van der Waals surface area contributed by atoms with E-state index in [0.29, 0.717) is 13.2 Å². The lowest BCUT2D eigenvalue weighted by Crippen LogP contribution is -2.42. The summed E-state index contributed by atoms with van der Waals surface area (Å²) in [4.78, 5) is 26.1. The Bertz CT molecular complexity index is 655. The summed E-state index contributed by atoms with van der Waals surface area (Å²) in [5, 5.41) is 3.02. The summed E-state index contributed by atoms with van der Waals surface area (Å²) in [5.41, 5.74) is 1.61. The van der Waals surface area contributed by atoms with Gasteiger partial charge in [-0.1, -0.05) is 12.1 Å². The van der Waals surface area contributed by atoms with Gasteiger partial charge in [0.2, 0.25) is 0 Å². The summed E-state index contributed by atoms with van der Waals surface area (Å²) in [6.45, 7) is 5.94. The minimum absolute atomic E-state index is 0.161. The number of nitrogens with one attached hydrogen (secondary N) is 1. The van der Waals surface area contributed by atoms with Gasteiger partial charge in [0.1, 0.15) is 0 Å². The first kappa shape index (κ1) is 16.3. The molecule has 7 nitrogen and oxygen atoms in total. The molecule has 0 aliphatic carbocycles. The highest BCUT2D eigenvalue weighted by Gasteiger charge is 2.39. The highest BCUT2D eigenvalue weighted by molar-refractivity contribution is 6.15. The second kappa shape index (κ2) is 6.52. The SMILES string of the molecule is CC1(C)OC(=O)C(=CNc2ccccc2N2CCOCC2)C(=O)O1. The zero-order chi connectivity index (χ0) is 17.2. The maximum Gasteiger partial charge on any atom is 0.350 e. The standard InChI is InChI=1S/C17H20N2O5/c1-17(2)23-15(20)12(16(21)24-17)11-18-13-5-3-4-6-14(13)19-7-9-22-10-8-19/h3-6,11,18H,7-10H2,1-2H3. The molecule has 0 aromatic heterocycles. The Labute approximate surface area is 140 Å². The molecule has 7 heteroatoms. The normalized spacial score (nSPS) is 20.2. The Morgan fingerprint density at radius 2 is 1.71 bits per heavy atom. The summed E-state index contributed by atoms with van der Waals surface area (Å²) in [6.07, 6.45) is 1.33. The van der Waals surface area contributed by atoms with Crippen LogP contribution in [0.1, 0.15) is 13.8 Å². The van der Waals surface area contributed by atoms with Gasteiger partial charge >= 0.3 is 11.9 Å². The number of cyclic esters (lactones) is 2. The van der Waals surface area contributed by atoms with Crippen molar-refractivity contribution in [3.8, 4) is 0 Å². The molecule has 1 aromatic carbocycles. The molecule has 2 aliphatic rings. The van der Waals surface area contributed by atoms with Crippen LogP contribution in [0.3, 0.4) is 0 Å². The van der Waals surface area contributed by atoms with Crippen LogP contribution in [0.5, 0.6) is 0 Å². The van der Waals surface area contributed by atoms with E-state index in [4.69, 9.17) is 14.2 Å². The summed E-state index contributed by atoms with van der Waals surface area (Å²) in [5.74, 6) is -2.64. The molecule has 1 N–H and O–H groups in total. The van der Waals surface area contributed by atoms with Gasteiger partial charge < -0.3 is 24.4 Å². The minimum atomic E-state index is -1.24. The monoisotopic (exact) mass is 332 g/mol. The first-order valence-corrected chi connectivity index (χ1v) is 7.81. The topological polar surface area (TPSA) is 77.1 Å². The number of benzene rings is 1. The Hall–Kier alpha value is -2.54. The Morgan fingerprint density at radius 3 is 2.38 bits per heavy atom. The van der Waals surface area contributed by atoms with Crippen molar-refractivity contribution in [2.75, 3.05) is 36.5 Å². The van der Waals surface area contributed by atoms with Gasteiger partial charge in [-0.3, -0.25) is 0 Å². The second-order valence-electron chi connectivity index (χ2n) is 6.00. The van der Waals surface area contributed by atoms with Crippen molar-refractivity contribution < 1.29 is 23.8 Å². The number of esters is 2. The predicted octanol–water partition coefficient (Wildman–Crippen LogP) is 1.66. The molecule has 0 unspecified atom stereocenters. The van der Waals surface area contributed by atoms with Crippen LogP contribution in [0, 0.1) is 0 Å².